The third-order valence-electron chi connectivity index (χ3n) is 4.02. The molecule has 0 amide bonds. The summed E-state index contributed by atoms with van der Waals surface area (Å²) in [5, 5.41) is 0. The highest BCUT2D eigenvalue weighted by Gasteiger charge is 2.32. The summed E-state index contributed by atoms with van der Waals surface area (Å²) in [5.41, 5.74) is 8.74. The number of hydrogen-bond donors (Lipinski definition) is 1. The van der Waals surface area contributed by atoms with Crippen LogP contribution < -0.4 is 10.6 Å². The summed E-state index contributed by atoms with van der Waals surface area (Å²) in [6.07, 6.45) is 2.14. The van der Waals surface area contributed by atoms with Crippen molar-refractivity contribution in [1.82, 2.24) is 4.98 Å². The molecule has 2 N–H and O–H groups in total. The monoisotopic (exact) mass is 293 g/mol. The Bertz CT molecular complexity index is 532. The molecule has 20 heavy (non-hydrogen) atoms. The number of thiocarbonyl (C=S) groups is 1. The quantitative estimate of drug-likeness (QED) is 0.867. The van der Waals surface area contributed by atoms with Crippen LogP contribution in [0.4, 0.5) is 5.82 Å². The van der Waals surface area contributed by atoms with Gasteiger partial charge in [0.15, 0.2) is 0 Å². The van der Waals surface area contributed by atoms with Gasteiger partial charge in [0.25, 0.3) is 0 Å². The van der Waals surface area contributed by atoms with Crippen LogP contribution in [0.25, 0.3) is 0 Å². The van der Waals surface area contributed by atoms with Crippen molar-refractivity contribution in [3.8, 4) is 0 Å². The minimum atomic E-state index is -0.134. The summed E-state index contributed by atoms with van der Waals surface area (Å²) in [6.45, 7) is 7.95. The van der Waals surface area contributed by atoms with Crippen LogP contribution in [-0.2, 0) is 4.74 Å². The van der Waals surface area contributed by atoms with Gasteiger partial charge in [-0.2, -0.15) is 0 Å². The van der Waals surface area contributed by atoms with E-state index in [-0.39, 0.29) is 5.60 Å². The average molecular weight is 293 g/mol. The standard InChI is InChI=1S/C15H23N3OS/c1-10-8-11(2)17-14(12(10)13(16)20)18-7-5-6-15(3,9-18)19-4/h8H,5-7,9H2,1-4H3,(H2,16,20). The molecule has 1 aliphatic rings. The number of pyridine rings is 1. The topological polar surface area (TPSA) is 51.4 Å². The second-order valence-electron chi connectivity index (χ2n) is 5.82. The Kier molecular flexibility index (Phi) is 4.30. The highest BCUT2D eigenvalue weighted by atomic mass is 32.1. The van der Waals surface area contributed by atoms with Gasteiger partial charge in [0.2, 0.25) is 0 Å². The molecule has 1 aromatic rings. The fourth-order valence-corrected chi connectivity index (χ4v) is 3.16. The Morgan fingerprint density at radius 1 is 1.50 bits per heavy atom. The van der Waals surface area contributed by atoms with E-state index in [1.807, 2.05) is 19.9 Å². The zero-order valence-electron chi connectivity index (χ0n) is 12.7. The molecule has 5 heteroatoms. The van der Waals surface area contributed by atoms with Crippen molar-refractivity contribution in [2.75, 3.05) is 25.1 Å². The van der Waals surface area contributed by atoms with Crippen molar-refractivity contribution in [3.05, 3.63) is 22.9 Å². The van der Waals surface area contributed by atoms with Crippen LogP contribution in [-0.4, -0.2) is 35.8 Å². The van der Waals surface area contributed by atoms with E-state index in [9.17, 15) is 0 Å². The zero-order valence-corrected chi connectivity index (χ0v) is 13.5. The lowest BCUT2D eigenvalue weighted by Crippen LogP contribution is -2.48. The van der Waals surface area contributed by atoms with Crippen LogP contribution in [0.5, 0.6) is 0 Å². The first-order chi connectivity index (χ1) is 9.36. The molecule has 0 bridgehead atoms. The number of ether oxygens (including phenoxy) is 1. The first-order valence-electron chi connectivity index (χ1n) is 6.94. The van der Waals surface area contributed by atoms with Gasteiger partial charge in [0, 0.05) is 25.9 Å². The van der Waals surface area contributed by atoms with Gasteiger partial charge in [-0.15, -0.1) is 0 Å². The molecule has 1 atom stereocenters. The van der Waals surface area contributed by atoms with Gasteiger partial charge in [-0.3, -0.25) is 0 Å². The SMILES string of the molecule is COC1(C)CCCN(c2nc(C)cc(C)c2C(N)=S)C1. The largest absolute Gasteiger partial charge is 0.389 e. The number of aryl methyl sites for hydroxylation is 2. The van der Waals surface area contributed by atoms with Gasteiger partial charge in [-0.1, -0.05) is 12.2 Å². The first kappa shape index (κ1) is 15.2. The maximum absolute atomic E-state index is 5.91. The molecule has 110 valence electrons. The normalized spacial score (nSPS) is 22.9. The van der Waals surface area contributed by atoms with Crippen LogP contribution >= 0.6 is 12.2 Å². The lowest BCUT2D eigenvalue weighted by molar-refractivity contribution is -0.00482. The van der Waals surface area contributed by atoms with E-state index in [2.05, 4.69) is 16.8 Å². The van der Waals surface area contributed by atoms with Gasteiger partial charge in [-0.05, 0) is 45.2 Å². The van der Waals surface area contributed by atoms with E-state index in [0.29, 0.717) is 4.99 Å². The fraction of sp³-hybridized carbons (Fsp3) is 0.600. The molecule has 2 heterocycles. The predicted molar refractivity (Wildman–Crippen MR) is 86.5 cm³/mol. The Morgan fingerprint density at radius 3 is 2.80 bits per heavy atom. The molecule has 1 aromatic heterocycles. The van der Waals surface area contributed by atoms with Gasteiger partial charge < -0.3 is 15.4 Å². The number of nitrogens with two attached hydrogens (primary N) is 1. The van der Waals surface area contributed by atoms with Crippen molar-refractivity contribution in [2.24, 2.45) is 5.73 Å². The molecular formula is C15H23N3OS. The third-order valence-corrected chi connectivity index (χ3v) is 4.23. The van der Waals surface area contributed by atoms with Crippen LogP contribution in [0, 0.1) is 13.8 Å². The Morgan fingerprint density at radius 2 is 2.20 bits per heavy atom. The van der Waals surface area contributed by atoms with Gasteiger partial charge in [-0.25, -0.2) is 4.98 Å². The number of piperidine rings is 1. The van der Waals surface area contributed by atoms with Crippen molar-refractivity contribution in [1.29, 1.82) is 0 Å². The Balaban J connectivity index is 2.44. The average Bonchev–Trinajstić information content (AvgIpc) is 2.37. The summed E-state index contributed by atoms with van der Waals surface area (Å²) < 4.78 is 5.66. The highest BCUT2D eigenvalue weighted by molar-refractivity contribution is 7.80. The Labute approximate surface area is 126 Å². The van der Waals surface area contributed by atoms with Crippen LogP contribution in [0.1, 0.15) is 36.6 Å². The second-order valence-corrected chi connectivity index (χ2v) is 6.26. The second kappa shape index (κ2) is 5.66. The minimum Gasteiger partial charge on any atom is -0.389 e. The molecule has 0 aromatic carbocycles. The number of hydrogen-bond acceptors (Lipinski definition) is 4. The smallest absolute Gasteiger partial charge is 0.139 e. The summed E-state index contributed by atoms with van der Waals surface area (Å²) in [6, 6.07) is 2.03. The van der Waals surface area contributed by atoms with E-state index in [4.69, 9.17) is 22.7 Å². The number of rotatable bonds is 3. The van der Waals surface area contributed by atoms with Gasteiger partial charge >= 0.3 is 0 Å². The third kappa shape index (κ3) is 2.94. The fourth-order valence-electron chi connectivity index (χ4n) is 2.90. The number of nitrogens with zero attached hydrogens (tertiary/aromatic N) is 2. The molecular weight excluding hydrogens is 270 g/mol. The lowest BCUT2D eigenvalue weighted by Gasteiger charge is -2.40. The maximum Gasteiger partial charge on any atom is 0.139 e. The molecule has 2 rings (SSSR count). The highest BCUT2D eigenvalue weighted by Crippen LogP contribution is 2.30. The van der Waals surface area contributed by atoms with Crippen LogP contribution in [0.3, 0.4) is 0 Å². The predicted octanol–water partition coefficient (Wildman–Crippen LogP) is 2.34. The van der Waals surface area contributed by atoms with E-state index in [0.717, 1.165) is 48.6 Å². The first-order valence-corrected chi connectivity index (χ1v) is 7.35. The maximum atomic E-state index is 5.91. The molecule has 0 aliphatic carbocycles. The zero-order chi connectivity index (χ0) is 14.9. The van der Waals surface area contributed by atoms with E-state index in [1.54, 1.807) is 7.11 Å². The number of anilines is 1. The summed E-state index contributed by atoms with van der Waals surface area (Å²) in [7, 11) is 1.77. The van der Waals surface area contributed by atoms with Crippen molar-refractivity contribution < 1.29 is 4.74 Å². The van der Waals surface area contributed by atoms with Crippen molar-refractivity contribution >= 4 is 23.0 Å². The Hall–Kier alpha value is -1.20. The van der Waals surface area contributed by atoms with E-state index >= 15 is 0 Å². The van der Waals surface area contributed by atoms with Gasteiger partial charge in [0.05, 0.1) is 11.2 Å². The van der Waals surface area contributed by atoms with E-state index < -0.39 is 0 Å². The molecule has 0 saturated carbocycles. The lowest BCUT2D eigenvalue weighted by atomic mass is 9.94. The minimum absolute atomic E-state index is 0.134. The molecule has 1 unspecified atom stereocenters. The van der Waals surface area contributed by atoms with Crippen molar-refractivity contribution in [3.63, 3.8) is 0 Å². The summed E-state index contributed by atoms with van der Waals surface area (Å²) in [4.78, 5) is 7.34. The molecule has 1 saturated heterocycles. The molecule has 0 spiro atoms. The summed E-state index contributed by atoms with van der Waals surface area (Å²) in [5.74, 6) is 0.901. The molecule has 1 aliphatic heterocycles. The molecule has 4 nitrogen and oxygen atoms in total. The van der Waals surface area contributed by atoms with Crippen molar-refractivity contribution in [2.45, 2.75) is 39.2 Å². The van der Waals surface area contributed by atoms with Gasteiger partial charge in [0.1, 0.15) is 10.8 Å². The number of methoxy groups -OCH3 is 1. The van der Waals surface area contributed by atoms with Crippen LogP contribution in [0.2, 0.25) is 0 Å². The summed E-state index contributed by atoms with van der Waals surface area (Å²) >= 11 is 5.22. The number of aromatic nitrogens is 1. The molecule has 0 radical (unpaired) electrons. The van der Waals surface area contributed by atoms with Crippen LogP contribution in [0.15, 0.2) is 6.07 Å². The van der Waals surface area contributed by atoms with E-state index in [1.165, 1.54) is 0 Å². The molecule has 1 fully saturated rings.